The van der Waals surface area contributed by atoms with Gasteiger partial charge in [0, 0.05) is 34.3 Å². The minimum atomic E-state index is -0.381. The van der Waals surface area contributed by atoms with Crippen molar-refractivity contribution in [3.05, 3.63) is 82.1 Å². The molecule has 1 amide bonds. The Morgan fingerprint density at radius 3 is 2.74 bits per heavy atom. The van der Waals surface area contributed by atoms with E-state index in [2.05, 4.69) is 19.7 Å². The van der Waals surface area contributed by atoms with Gasteiger partial charge in [-0.25, -0.2) is 0 Å². The van der Waals surface area contributed by atoms with E-state index < -0.39 is 0 Å². The summed E-state index contributed by atoms with van der Waals surface area (Å²) in [5.74, 6) is 0.372. The summed E-state index contributed by atoms with van der Waals surface area (Å²) in [7, 11) is 0. The normalized spacial score (nSPS) is 10.8. The molecule has 2 heterocycles. The molecule has 0 saturated heterocycles. The predicted molar refractivity (Wildman–Crippen MR) is 108 cm³/mol. The molecule has 6 nitrogen and oxygen atoms in total. The highest BCUT2D eigenvalue weighted by Gasteiger charge is 2.14. The number of hydrogen-bond donors (Lipinski definition) is 2. The van der Waals surface area contributed by atoms with E-state index in [4.69, 9.17) is 0 Å². The van der Waals surface area contributed by atoms with Crippen LogP contribution in [0.1, 0.15) is 15.9 Å². The molecular weight excluding hydrogens is 380 g/mol. The van der Waals surface area contributed by atoms with Crippen LogP contribution >= 0.6 is 23.3 Å². The van der Waals surface area contributed by atoms with Gasteiger partial charge >= 0.3 is 0 Å². The number of rotatable bonds is 5. The van der Waals surface area contributed by atoms with E-state index in [0.717, 1.165) is 17.3 Å². The minimum absolute atomic E-state index is 0.308. The summed E-state index contributed by atoms with van der Waals surface area (Å²) in [6.45, 7) is 0. The zero-order chi connectivity index (χ0) is 18.6. The molecule has 4 aromatic rings. The maximum Gasteiger partial charge on any atom is 0.258 e. The molecule has 134 valence electrons. The molecule has 0 saturated carbocycles. The lowest BCUT2D eigenvalue weighted by Gasteiger charge is -2.05. The van der Waals surface area contributed by atoms with Gasteiger partial charge in [0.2, 0.25) is 15.8 Å². The SMILES string of the molecule is O=C(Nc1nc(SCc2ccccc2)ns1)c1cc(=O)[nH]c2ccccc12. The van der Waals surface area contributed by atoms with Crippen LogP contribution in [-0.4, -0.2) is 20.2 Å². The summed E-state index contributed by atoms with van der Waals surface area (Å²) in [5, 5.41) is 4.42. The van der Waals surface area contributed by atoms with Crippen LogP contribution < -0.4 is 10.9 Å². The van der Waals surface area contributed by atoms with Crippen molar-refractivity contribution in [2.45, 2.75) is 10.9 Å². The summed E-state index contributed by atoms with van der Waals surface area (Å²) < 4.78 is 4.27. The fraction of sp³-hybridized carbons (Fsp3) is 0.0526. The van der Waals surface area contributed by atoms with Crippen molar-refractivity contribution in [1.29, 1.82) is 0 Å². The fourth-order valence-electron chi connectivity index (χ4n) is 2.60. The quantitative estimate of drug-likeness (QED) is 0.501. The number of nitrogens with one attached hydrogen (secondary N) is 2. The minimum Gasteiger partial charge on any atom is -0.322 e. The lowest BCUT2D eigenvalue weighted by molar-refractivity contribution is 0.102. The molecule has 0 spiro atoms. The van der Waals surface area contributed by atoms with Crippen molar-refractivity contribution in [1.82, 2.24) is 14.3 Å². The Morgan fingerprint density at radius 2 is 1.89 bits per heavy atom. The molecule has 0 unspecified atom stereocenters. The van der Waals surface area contributed by atoms with Gasteiger partial charge in [0.15, 0.2) is 0 Å². The summed E-state index contributed by atoms with van der Waals surface area (Å²) >= 11 is 2.62. The van der Waals surface area contributed by atoms with Gasteiger partial charge in [-0.15, -0.1) is 0 Å². The largest absolute Gasteiger partial charge is 0.322 e. The van der Waals surface area contributed by atoms with Crippen LogP contribution in [-0.2, 0) is 5.75 Å². The van der Waals surface area contributed by atoms with E-state index in [1.165, 1.54) is 23.4 Å². The third kappa shape index (κ3) is 4.07. The average molecular weight is 394 g/mol. The molecule has 0 atom stereocenters. The molecule has 2 N–H and O–H groups in total. The Hall–Kier alpha value is -2.97. The van der Waals surface area contributed by atoms with Gasteiger partial charge in [-0.3, -0.25) is 14.9 Å². The Bertz CT molecular complexity index is 1160. The van der Waals surface area contributed by atoms with Gasteiger partial charge in [-0.1, -0.05) is 60.3 Å². The van der Waals surface area contributed by atoms with Crippen molar-refractivity contribution in [3.8, 4) is 0 Å². The number of pyridine rings is 1. The lowest BCUT2D eigenvalue weighted by atomic mass is 10.1. The Balaban J connectivity index is 1.49. The first-order chi connectivity index (χ1) is 13.2. The zero-order valence-electron chi connectivity index (χ0n) is 14.0. The molecule has 0 radical (unpaired) electrons. The van der Waals surface area contributed by atoms with Crippen LogP contribution in [0.25, 0.3) is 10.9 Å². The second kappa shape index (κ2) is 7.73. The van der Waals surface area contributed by atoms with Crippen LogP contribution in [0.5, 0.6) is 0 Å². The molecule has 0 aliphatic heterocycles. The van der Waals surface area contributed by atoms with Crippen molar-refractivity contribution in [2.24, 2.45) is 0 Å². The number of amides is 1. The van der Waals surface area contributed by atoms with Gasteiger partial charge in [0.05, 0.1) is 5.56 Å². The summed E-state index contributed by atoms with van der Waals surface area (Å²) in [5.41, 5.74) is 1.78. The van der Waals surface area contributed by atoms with Crippen LogP contribution in [0.4, 0.5) is 5.13 Å². The van der Waals surface area contributed by atoms with E-state index in [0.29, 0.717) is 26.8 Å². The third-order valence-electron chi connectivity index (χ3n) is 3.83. The molecule has 27 heavy (non-hydrogen) atoms. The molecular formula is C19H14N4O2S2. The predicted octanol–water partition coefficient (Wildman–Crippen LogP) is 3.92. The van der Waals surface area contributed by atoms with E-state index >= 15 is 0 Å². The van der Waals surface area contributed by atoms with Crippen molar-refractivity contribution < 1.29 is 4.79 Å². The number of thioether (sulfide) groups is 1. The van der Waals surface area contributed by atoms with Gasteiger partial charge in [-0.05, 0) is 11.6 Å². The number of para-hydroxylation sites is 1. The van der Waals surface area contributed by atoms with E-state index in [-0.39, 0.29) is 11.5 Å². The number of aromatic nitrogens is 3. The summed E-state index contributed by atoms with van der Waals surface area (Å²) in [6.07, 6.45) is 0. The Morgan fingerprint density at radius 1 is 1.11 bits per heavy atom. The highest BCUT2D eigenvalue weighted by molar-refractivity contribution is 7.98. The fourth-order valence-corrected chi connectivity index (χ4v) is 4.09. The molecule has 0 aliphatic rings. The standard InChI is InChI=1S/C19H14N4O2S2/c24-16-10-14(13-8-4-5-9-15(13)20-16)17(25)21-18-22-19(23-27-18)26-11-12-6-2-1-3-7-12/h1-10H,11H2,(H,20,24)(H,21,22,23,25). The van der Waals surface area contributed by atoms with Gasteiger partial charge in [0.25, 0.3) is 5.91 Å². The third-order valence-corrected chi connectivity index (χ3v) is 5.50. The second-order valence-electron chi connectivity index (χ2n) is 5.70. The topological polar surface area (TPSA) is 87.7 Å². The van der Waals surface area contributed by atoms with Gasteiger partial charge in [-0.2, -0.15) is 9.36 Å². The summed E-state index contributed by atoms with van der Waals surface area (Å²) in [6, 6.07) is 18.5. The number of H-pyrrole nitrogens is 1. The molecule has 0 aliphatic carbocycles. The van der Waals surface area contributed by atoms with E-state index in [1.807, 2.05) is 36.4 Å². The molecule has 0 bridgehead atoms. The molecule has 0 fully saturated rings. The van der Waals surface area contributed by atoms with Crippen LogP contribution in [0.3, 0.4) is 0 Å². The number of aromatic amines is 1. The lowest BCUT2D eigenvalue weighted by Crippen LogP contribution is -2.16. The number of carbonyl (C=O) groups excluding carboxylic acids is 1. The zero-order valence-corrected chi connectivity index (χ0v) is 15.6. The highest BCUT2D eigenvalue weighted by atomic mass is 32.2. The monoisotopic (exact) mass is 394 g/mol. The smallest absolute Gasteiger partial charge is 0.258 e. The van der Waals surface area contributed by atoms with Crippen LogP contribution in [0, 0.1) is 0 Å². The number of anilines is 1. The molecule has 2 aromatic heterocycles. The first-order valence-corrected chi connectivity index (χ1v) is 9.89. The molecule has 8 heteroatoms. The van der Waals surface area contributed by atoms with Gasteiger partial charge < -0.3 is 4.98 Å². The first kappa shape index (κ1) is 17.4. The number of benzene rings is 2. The number of hydrogen-bond acceptors (Lipinski definition) is 6. The van der Waals surface area contributed by atoms with Crippen molar-refractivity contribution in [2.75, 3.05) is 5.32 Å². The number of carbonyl (C=O) groups is 1. The maximum absolute atomic E-state index is 12.6. The second-order valence-corrected chi connectivity index (χ2v) is 7.40. The Labute approximate surface area is 162 Å². The van der Waals surface area contributed by atoms with E-state index in [1.54, 1.807) is 18.2 Å². The van der Waals surface area contributed by atoms with Crippen LogP contribution in [0.15, 0.2) is 70.6 Å². The van der Waals surface area contributed by atoms with Crippen molar-refractivity contribution in [3.63, 3.8) is 0 Å². The van der Waals surface area contributed by atoms with Crippen molar-refractivity contribution >= 4 is 45.2 Å². The number of fused-ring (bicyclic) bond motifs is 1. The maximum atomic E-state index is 12.6. The van der Waals surface area contributed by atoms with Gasteiger partial charge in [0.1, 0.15) is 0 Å². The van der Waals surface area contributed by atoms with Crippen LogP contribution in [0.2, 0.25) is 0 Å². The summed E-state index contributed by atoms with van der Waals surface area (Å²) in [4.78, 5) is 31.5. The average Bonchev–Trinajstić information content (AvgIpc) is 3.13. The Kier molecular flexibility index (Phi) is 4.99. The molecule has 2 aromatic carbocycles. The molecule has 4 rings (SSSR count). The first-order valence-electron chi connectivity index (χ1n) is 8.13. The number of nitrogens with zero attached hydrogens (tertiary/aromatic N) is 2. The van der Waals surface area contributed by atoms with E-state index in [9.17, 15) is 9.59 Å². The highest BCUT2D eigenvalue weighted by Crippen LogP contribution is 2.24.